The van der Waals surface area contributed by atoms with Crippen molar-refractivity contribution >= 4 is 17.5 Å². The molecule has 1 saturated heterocycles. The van der Waals surface area contributed by atoms with E-state index in [-0.39, 0.29) is 11.8 Å². The van der Waals surface area contributed by atoms with Crippen LogP contribution in [0.25, 0.3) is 0 Å². The second-order valence-corrected chi connectivity index (χ2v) is 6.50. The summed E-state index contributed by atoms with van der Waals surface area (Å²) in [6, 6.07) is 14.5. The van der Waals surface area contributed by atoms with Gasteiger partial charge in [-0.3, -0.25) is 9.59 Å². The maximum Gasteiger partial charge on any atom is 0.255 e. The zero-order valence-electron chi connectivity index (χ0n) is 14.7. The molecule has 2 aromatic carbocycles. The van der Waals surface area contributed by atoms with Crippen molar-refractivity contribution in [2.45, 2.75) is 6.92 Å². The Morgan fingerprint density at radius 3 is 2.20 bits per heavy atom. The van der Waals surface area contributed by atoms with Gasteiger partial charge in [0, 0.05) is 43.0 Å². The molecule has 130 valence electrons. The number of anilines is 1. The molecule has 1 aliphatic rings. The highest BCUT2D eigenvalue weighted by Crippen LogP contribution is 2.13. The number of piperazine rings is 1. The number of carbonyl (C=O) groups is 2. The smallest absolute Gasteiger partial charge is 0.255 e. The molecule has 5 heteroatoms. The number of amides is 2. The lowest BCUT2D eigenvalue weighted by atomic mass is 10.1. The predicted molar refractivity (Wildman–Crippen MR) is 99.0 cm³/mol. The first-order valence-electron chi connectivity index (χ1n) is 8.49. The quantitative estimate of drug-likeness (QED) is 0.937. The van der Waals surface area contributed by atoms with Crippen LogP contribution in [0.1, 0.15) is 26.3 Å². The SMILES string of the molecule is Cc1cccc(NC(=O)c2ccc(C(=O)N3CCN(C)CC3)cc2)c1. The minimum atomic E-state index is -0.177. The van der Waals surface area contributed by atoms with E-state index in [9.17, 15) is 9.59 Å². The van der Waals surface area contributed by atoms with E-state index in [2.05, 4.69) is 17.3 Å². The van der Waals surface area contributed by atoms with E-state index in [4.69, 9.17) is 0 Å². The Bertz CT molecular complexity index is 763. The predicted octanol–water partition coefficient (Wildman–Crippen LogP) is 2.63. The number of hydrogen-bond donors (Lipinski definition) is 1. The molecule has 3 rings (SSSR count). The van der Waals surface area contributed by atoms with E-state index in [1.807, 2.05) is 36.1 Å². The van der Waals surface area contributed by atoms with E-state index >= 15 is 0 Å². The van der Waals surface area contributed by atoms with E-state index in [1.54, 1.807) is 24.3 Å². The Balaban J connectivity index is 1.65. The molecule has 1 N–H and O–H groups in total. The fraction of sp³-hybridized carbons (Fsp3) is 0.300. The van der Waals surface area contributed by atoms with Gasteiger partial charge in [-0.2, -0.15) is 0 Å². The number of benzene rings is 2. The fourth-order valence-corrected chi connectivity index (χ4v) is 2.88. The summed E-state index contributed by atoms with van der Waals surface area (Å²) in [7, 11) is 2.06. The summed E-state index contributed by atoms with van der Waals surface area (Å²) in [5, 5.41) is 2.88. The summed E-state index contributed by atoms with van der Waals surface area (Å²) in [4.78, 5) is 28.9. The molecule has 0 radical (unpaired) electrons. The van der Waals surface area contributed by atoms with Crippen molar-refractivity contribution in [3.8, 4) is 0 Å². The van der Waals surface area contributed by atoms with Crippen LogP contribution in [-0.2, 0) is 0 Å². The van der Waals surface area contributed by atoms with Crippen LogP contribution < -0.4 is 5.32 Å². The molecule has 1 heterocycles. The first-order chi connectivity index (χ1) is 12.0. The third kappa shape index (κ3) is 4.25. The molecule has 0 spiro atoms. The van der Waals surface area contributed by atoms with Crippen molar-refractivity contribution in [2.75, 3.05) is 38.5 Å². The lowest BCUT2D eigenvalue weighted by Gasteiger charge is -2.32. The highest BCUT2D eigenvalue weighted by atomic mass is 16.2. The summed E-state index contributed by atoms with van der Waals surface area (Å²) in [6.45, 7) is 5.25. The molecular weight excluding hydrogens is 314 g/mol. The zero-order chi connectivity index (χ0) is 17.8. The molecule has 2 aromatic rings. The van der Waals surface area contributed by atoms with Crippen LogP contribution in [0.2, 0.25) is 0 Å². The van der Waals surface area contributed by atoms with Crippen LogP contribution in [0.4, 0.5) is 5.69 Å². The lowest BCUT2D eigenvalue weighted by molar-refractivity contribution is 0.0664. The van der Waals surface area contributed by atoms with Crippen LogP contribution in [0, 0.1) is 6.92 Å². The van der Waals surface area contributed by atoms with Gasteiger partial charge in [0.15, 0.2) is 0 Å². The van der Waals surface area contributed by atoms with Crippen molar-refractivity contribution in [3.63, 3.8) is 0 Å². The second kappa shape index (κ2) is 7.49. The van der Waals surface area contributed by atoms with Gasteiger partial charge < -0.3 is 15.1 Å². The molecule has 0 saturated carbocycles. The first-order valence-corrected chi connectivity index (χ1v) is 8.49. The molecule has 0 bridgehead atoms. The maximum atomic E-state index is 12.5. The van der Waals surface area contributed by atoms with Gasteiger partial charge >= 0.3 is 0 Å². The normalized spacial score (nSPS) is 15.0. The van der Waals surface area contributed by atoms with Gasteiger partial charge in [-0.1, -0.05) is 12.1 Å². The van der Waals surface area contributed by atoms with E-state index in [1.165, 1.54) is 0 Å². The van der Waals surface area contributed by atoms with Gasteiger partial charge in [0.05, 0.1) is 0 Å². The van der Waals surface area contributed by atoms with Gasteiger partial charge in [-0.05, 0) is 55.9 Å². The Hall–Kier alpha value is -2.66. The van der Waals surface area contributed by atoms with Crippen LogP contribution in [0.3, 0.4) is 0 Å². The van der Waals surface area contributed by atoms with Crippen molar-refractivity contribution in [1.29, 1.82) is 0 Å². The maximum absolute atomic E-state index is 12.5. The zero-order valence-corrected chi connectivity index (χ0v) is 14.7. The molecule has 0 atom stereocenters. The molecule has 1 aliphatic heterocycles. The third-order valence-corrected chi connectivity index (χ3v) is 4.46. The highest BCUT2D eigenvalue weighted by Gasteiger charge is 2.20. The highest BCUT2D eigenvalue weighted by molar-refractivity contribution is 6.05. The minimum absolute atomic E-state index is 0.0266. The molecule has 0 aromatic heterocycles. The molecule has 0 unspecified atom stereocenters. The van der Waals surface area contributed by atoms with Crippen LogP contribution in [0.15, 0.2) is 48.5 Å². The van der Waals surface area contributed by atoms with Crippen molar-refractivity contribution in [3.05, 3.63) is 65.2 Å². The number of hydrogen-bond acceptors (Lipinski definition) is 3. The van der Waals surface area contributed by atoms with Gasteiger partial charge in [0.25, 0.3) is 11.8 Å². The molecule has 0 aliphatic carbocycles. The fourth-order valence-electron chi connectivity index (χ4n) is 2.88. The van der Waals surface area contributed by atoms with Crippen LogP contribution >= 0.6 is 0 Å². The van der Waals surface area contributed by atoms with Crippen LogP contribution in [0.5, 0.6) is 0 Å². The Morgan fingerprint density at radius 2 is 1.56 bits per heavy atom. The van der Waals surface area contributed by atoms with Crippen molar-refractivity contribution in [1.82, 2.24) is 9.80 Å². The van der Waals surface area contributed by atoms with Crippen molar-refractivity contribution in [2.24, 2.45) is 0 Å². The third-order valence-electron chi connectivity index (χ3n) is 4.46. The Labute approximate surface area is 148 Å². The molecular formula is C20H23N3O2. The Kier molecular flexibility index (Phi) is 5.14. The van der Waals surface area contributed by atoms with Gasteiger partial charge in [0.2, 0.25) is 0 Å². The summed E-state index contributed by atoms with van der Waals surface area (Å²) >= 11 is 0. The molecule has 25 heavy (non-hydrogen) atoms. The minimum Gasteiger partial charge on any atom is -0.336 e. The second-order valence-electron chi connectivity index (χ2n) is 6.50. The van der Waals surface area contributed by atoms with Crippen molar-refractivity contribution < 1.29 is 9.59 Å². The number of aryl methyl sites for hydroxylation is 1. The number of nitrogens with zero attached hydrogens (tertiary/aromatic N) is 2. The molecule has 1 fully saturated rings. The number of nitrogens with one attached hydrogen (secondary N) is 1. The average molecular weight is 337 g/mol. The number of carbonyl (C=O) groups excluding carboxylic acids is 2. The van der Waals surface area contributed by atoms with Gasteiger partial charge in [0.1, 0.15) is 0 Å². The molecule has 2 amide bonds. The average Bonchev–Trinajstić information content (AvgIpc) is 2.62. The van der Waals surface area contributed by atoms with Crippen LogP contribution in [-0.4, -0.2) is 54.8 Å². The van der Waals surface area contributed by atoms with E-state index < -0.39 is 0 Å². The summed E-state index contributed by atoms with van der Waals surface area (Å²) in [5.41, 5.74) is 3.02. The lowest BCUT2D eigenvalue weighted by Crippen LogP contribution is -2.47. The monoisotopic (exact) mass is 337 g/mol. The molecule has 5 nitrogen and oxygen atoms in total. The Morgan fingerprint density at radius 1 is 0.920 bits per heavy atom. The van der Waals surface area contributed by atoms with E-state index in [0.29, 0.717) is 11.1 Å². The standard InChI is InChI=1S/C20H23N3O2/c1-15-4-3-5-18(14-15)21-19(24)16-6-8-17(9-7-16)20(25)23-12-10-22(2)11-13-23/h3-9,14H,10-13H2,1-2H3,(H,21,24). The first kappa shape index (κ1) is 17.2. The van der Waals surface area contributed by atoms with Gasteiger partial charge in [-0.25, -0.2) is 0 Å². The largest absolute Gasteiger partial charge is 0.336 e. The topological polar surface area (TPSA) is 52.7 Å². The van der Waals surface area contributed by atoms with Gasteiger partial charge in [-0.15, -0.1) is 0 Å². The van der Waals surface area contributed by atoms with E-state index in [0.717, 1.165) is 37.4 Å². The summed E-state index contributed by atoms with van der Waals surface area (Å²) in [6.07, 6.45) is 0. The number of likely N-dealkylation sites (N-methyl/N-ethyl adjacent to an activating group) is 1. The summed E-state index contributed by atoms with van der Waals surface area (Å²) in [5.74, 6) is -0.150. The summed E-state index contributed by atoms with van der Waals surface area (Å²) < 4.78 is 0. The number of rotatable bonds is 3.